The summed E-state index contributed by atoms with van der Waals surface area (Å²) in [7, 11) is -3.07. The number of carbonyl (C=O) groups is 1. The number of aryl methyl sites for hydroxylation is 1. The quantitative estimate of drug-likeness (QED) is 0.489. The van der Waals surface area contributed by atoms with Crippen molar-refractivity contribution in [3.8, 4) is 0 Å². The molecule has 164 valence electrons. The highest BCUT2D eigenvalue weighted by Gasteiger charge is 2.34. The van der Waals surface area contributed by atoms with Gasteiger partial charge in [-0.15, -0.1) is 0 Å². The van der Waals surface area contributed by atoms with Gasteiger partial charge in [-0.2, -0.15) is 5.10 Å². The number of anilines is 1. The van der Waals surface area contributed by atoms with Crippen LogP contribution in [0.15, 0.2) is 30.3 Å². The monoisotopic (exact) mass is 467 g/mol. The van der Waals surface area contributed by atoms with E-state index >= 15 is 0 Å². The molecule has 32 heavy (non-hydrogen) atoms. The Morgan fingerprint density at radius 1 is 1.19 bits per heavy atom. The van der Waals surface area contributed by atoms with Crippen LogP contribution in [-0.4, -0.2) is 45.6 Å². The second-order valence-electron chi connectivity index (χ2n) is 8.60. The van der Waals surface area contributed by atoms with E-state index in [1.165, 1.54) is 11.3 Å². The molecule has 1 aromatic carbocycles. The second-order valence-corrected chi connectivity index (χ2v) is 11.9. The molecule has 0 bridgehead atoms. The molecule has 4 heterocycles. The predicted molar refractivity (Wildman–Crippen MR) is 124 cm³/mol. The Labute approximate surface area is 188 Å². The van der Waals surface area contributed by atoms with Crippen molar-refractivity contribution in [2.75, 3.05) is 16.8 Å². The summed E-state index contributed by atoms with van der Waals surface area (Å²) in [5.41, 5.74) is 3.50. The first-order valence-electron chi connectivity index (χ1n) is 10.6. The second kappa shape index (κ2) is 7.08. The van der Waals surface area contributed by atoms with E-state index in [0.29, 0.717) is 39.8 Å². The molecule has 1 saturated heterocycles. The molecule has 1 atom stereocenters. The van der Waals surface area contributed by atoms with E-state index in [9.17, 15) is 13.2 Å². The molecule has 0 spiro atoms. The number of thiazole rings is 1. The Hall–Kier alpha value is -2.85. The van der Waals surface area contributed by atoms with E-state index in [1.54, 1.807) is 4.68 Å². The van der Waals surface area contributed by atoms with Gasteiger partial charge in [-0.25, -0.2) is 23.1 Å². The number of para-hydroxylation sites is 1. The highest BCUT2D eigenvalue weighted by atomic mass is 32.2. The van der Waals surface area contributed by atoms with Gasteiger partial charge in [0.1, 0.15) is 0 Å². The third-order valence-electron chi connectivity index (χ3n) is 6.17. The minimum Gasteiger partial charge on any atom is -0.298 e. The molecular weight excluding hydrogens is 446 g/mol. The summed E-state index contributed by atoms with van der Waals surface area (Å²) in [4.78, 5) is 22.7. The molecule has 1 saturated carbocycles. The molecule has 1 unspecified atom stereocenters. The summed E-state index contributed by atoms with van der Waals surface area (Å²) in [6.45, 7) is 1.84. The van der Waals surface area contributed by atoms with Crippen LogP contribution in [0.4, 0.5) is 5.13 Å². The van der Waals surface area contributed by atoms with Crippen LogP contribution in [-0.2, 0) is 9.84 Å². The first-order chi connectivity index (χ1) is 15.4. The Kier molecular flexibility index (Phi) is 4.38. The molecule has 1 N–H and O–H groups in total. The van der Waals surface area contributed by atoms with Crippen LogP contribution in [0, 0.1) is 6.92 Å². The molecule has 3 aromatic heterocycles. The number of carbonyl (C=O) groups excluding carboxylic acids is 1. The zero-order chi connectivity index (χ0) is 22.0. The highest BCUT2D eigenvalue weighted by Crippen LogP contribution is 2.41. The van der Waals surface area contributed by atoms with E-state index in [2.05, 4.69) is 15.4 Å². The van der Waals surface area contributed by atoms with Crippen LogP contribution in [0.2, 0.25) is 0 Å². The van der Waals surface area contributed by atoms with E-state index < -0.39 is 9.84 Å². The third-order valence-corrected chi connectivity index (χ3v) is 8.87. The minimum atomic E-state index is -3.07. The molecular formula is C22H21N5O3S2. The van der Waals surface area contributed by atoms with Crippen LogP contribution < -0.4 is 5.32 Å². The summed E-state index contributed by atoms with van der Waals surface area (Å²) in [5.74, 6) is 0.307. The van der Waals surface area contributed by atoms with Gasteiger partial charge in [0, 0.05) is 11.6 Å². The van der Waals surface area contributed by atoms with Gasteiger partial charge in [-0.05, 0) is 44.4 Å². The first kappa shape index (κ1) is 19.8. The van der Waals surface area contributed by atoms with Crippen molar-refractivity contribution in [2.45, 2.75) is 38.1 Å². The van der Waals surface area contributed by atoms with Crippen molar-refractivity contribution < 1.29 is 13.2 Å². The zero-order valence-corrected chi connectivity index (χ0v) is 19.0. The van der Waals surface area contributed by atoms with E-state index in [1.807, 2.05) is 37.3 Å². The van der Waals surface area contributed by atoms with E-state index in [-0.39, 0.29) is 23.5 Å². The predicted octanol–water partition coefficient (Wildman–Crippen LogP) is 3.84. The topological polar surface area (TPSA) is 107 Å². The fourth-order valence-electron chi connectivity index (χ4n) is 4.41. The van der Waals surface area contributed by atoms with Gasteiger partial charge in [0.15, 0.2) is 20.6 Å². The van der Waals surface area contributed by atoms with Crippen molar-refractivity contribution in [3.63, 3.8) is 0 Å². The summed E-state index contributed by atoms with van der Waals surface area (Å²) in [6, 6.07) is 9.37. The summed E-state index contributed by atoms with van der Waals surface area (Å²) in [6.07, 6.45) is 2.60. The van der Waals surface area contributed by atoms with Gasteiger partial charge < -0.3 is 0 Å². The third kappa shape index (κ3) is 3.38. The summed E-state index contributed by atoms with van der Waals surface area (Å²) >= 11 is 1.43. The largest absolute Gasteiger partial charge is 0.298 e. The van der Waals surface area contributed by atoms with Gasteiger partial charge in [0.25, 0.3) is 5.91 Å². The van der Waals surface area contributed by atoms with Crippen LogP contribution >= 0.6 is 11.3 Å². The number of pyridine rings is 1. The van der Waals surface area contributed by atoms with Gasteiger partial charge in [-0.1, -0.05) is 23.5 Å². The molecule has 4 aromatic rings. The Bertz CT molecular complexity index is 1470. The summed E-state index contributed by atoms with van der Waals surface area (Å²) in [5, 5.41) is 8.81. The van der Waals surface area contributed by atoms with Gasteiger partial charge in [0.05, 0.1) is 44.4 Å². The molecule has 2 fully saturated rings. The fraction of sp³-hybridized carbons (Fsp3) is 0.364. The number of sulfone groups is 1. The zero-order valence-electron chi connectivity index (χ0n) is 17.4. The lowest BCUT2D eigenvalue weighted by Gasteiger charge is -2.11. The van der Waals surface area contributed by atoms with Crippen LogP contribution in [0.3, 0.4) is 0 Å². The number of fused-ring (bicyclic) bond motifs is 2. The van der Waals surface area contributed by atoms with Crippen LogP contribution in [0.5, 0.6) is 0 Å². The maximum atomic E-state index is 13.4. The van der Waals surface area contributed by atoms with Gasteiger partial charge in [-0.3, -0.25) is 10.1 Å². The van der Waals surface area contributed by atoms with Crippen molar-refractivity contribution in [2.24, 2.45) is 0 Å². The molecule has 0 radical (unpaired) electrons. The smallest absolute Gasteiger partial charge is 0.258 e. The molecule has 1 aliphatic heterocycles. The Balaban J connectivity index is 1.44. The SMILES string of the molecule is Cc1nn(C2CCS(=O)(=O)C2)c2nc(C3CC3)cc(C(=O)Nc3nc4ccccc4s3)c12. The van der Waals surface area contributed by atoms with Crippen LogP contribution in [0.25, 0.3) is 21.3 Å². The summed E-state index contributed by atoms with van der Waals surface area (Å²) < 4.78 is 26.9. The van der Waals surface area contributed by atoms with E-state index in [4.69, 9.17) is 4.98 Å². The minimum absolute atomic E-state index is 0.0613. The number of amides is 1. The number of nitrogens with one attached hydrogen (secondary N) is 1. The Morgan fingerprint density at radius 2 is 2.00 bits per heavy atom. The van der Waals surface area contributed by atoms with Gasteiger partial charge in [0.2, 0.25) is 0 Å². The van der Waals surface area contributed by atoms with Crippen LogP contribution in [0.1, 0.15) is 53.0 Å². The van der Waals surface area contributed by atoms with Gasteiger partial charge >= 0.3 is 0 Å². The fourth-order valence-corrected chi connectivity index (χ4v) is 6.97. The lowest BCUT2D eigenvalue weighted by atomic mass is 10.1. The number of rotatable bonds is 4. The van der Waals surface area contributed by atoms with Crippen molar-refractivity contribution >= 4 is 53.5 Å². The Morgan fingerprint density at radius 3 is 2.72 bits per heavy atom. The van der Waals surface area contributed by atoms with Crippen molar-refractivity contribution in [3.05, 3.63) is 47.3 Å². The molecule has 10 heteroatoms. The number of benzene rings is 1. The highest BCUT2D eigenvalue weighted by molar-refractivity contribution is 7.91. The lowest BCUT2D eigenvalue weighted by Crippen LogP contribution is -2.15. The first-order valence-corrected chi connectivity index (χ1v) is 13.3. The molecule has 2 aliphatic rings. The number of hydrogen-bond acceptors (Lipinski definition) is 7. The molecule has 1 amide bonds. The molecule has 8 nitrogen and oxygen atoms in total. The normalized spacial score (nSPS) is 20.2. The lowest BCUT2D eigenvalue weighted by molar-refractivity contribution is 0.102. The number of nitrogens with zero attached hydrogens (tertiary/aromatic N) is 4. The standard InChI is InChI=1S/C22H21N5O3S2/c1-12-19-15(21(28)25-22-24-16-4-2-3-5-18(16)31-22)10-17(13-6-7-13)23-20(19)27(26-12)14-8-9-32(29,30)11-14/h2-5,10,13-14H,6-9,11H2,1H3,(H,24,25,28). The average molecular weight is 468 g/mol. The maximum absolute atomic E-state index is 13.4. The van der Waals surface area contributed by atoms with Crippen molar-refractivity contribution in [1.29, 1.82) is 0 Å². The van der Waals surface area contributed by atoms with Crippen molar-refractivity contribution in [1.82, 2.24) is 19.7 Å². The van der Waals surface area contributed by atoms with E-state index in [0.717, 1.165) is 28.8 Å². The molecule has 6 rings (SSSR count). The maximum Gasteiger partial charge on any atom is 0.258 e. The number of hydrogen-bond donors (Lipinski definition) is 1. The average Bonchev–Trinajstić information content (AvgIpc) is 3.32. The molecule has 1 aliphatic carbocycles. The number of aromatic nitrogens is 4.